The Hall–Kier alpha value is -3.54. The van der Waals surface area contributed by atoms with Crippen LogP contribution in [0.5, 0.6) is 0 Å². The molecule has 0 amide bonds. The van der Waals surface area contributed by atoms with Crippen LogP contribution in [0.15, 0.2) is 54.7 Å². The third-order valence-corrected chi connectivity index (χ3v) is 6.49. The molecule has 2 aromatic carbocycles. The van der Waals surface area contributed by atoms with E-state index in [9.17, 15) is 27.8 Å². The molecule has 0 spiro atoms. The smallest absolute Gasteiger partial charge is 0.382 e. The first-order valence-corrected chi connectivity index (χ1v) is 12.3. The van der Waals surface area contributed by atoms with E-state index in [-0.39, 0.29) is 22.6 Å². The normalized spacial score (nSPS) is 15.6. The van der Waals surface area contributed by atoms with Gasteiger partial charge in [0.25, 0.3) is 0 Å². The zero-order valence-electron chi connectivity index (χ0n) is 20.5. The molecule has 5 rings (SSSR count). The van der Waals surface area contributed by atoms with Gasteiger partial charge >= 0.3 is 6.18 Å². The topological polar surface area (TPSA) is 94.7 Å². The van der Waals surface area contributed by atoms with Gasteiger partial charge in [-0.1, -0.05) is 24.3 Å². The van der Waals surface area contributed by atoms with E-state index in [4.69, 9.17) is 0 Å². The number of aliphatic hydroxyl groups excluding tert-OH is 2. The molecule has 1 fully saturated rings. The van der Waals surface area contributed by atoms with Gasteiger partial charge in [0.1, 0.15) is 18.1 Å². The third kappa shape index (κ3) is 5.79. The number of nitrogens with zero attached hydrogens (tertiary/aromatic N) is 3. The third-order valence-electron chi connectivity index (χ3n) is 6.49. The van der Waals surface area contributed by atoms with Crippen molar-refractivity contribution in [3.63, 3.8) is 0 Å². The Morgan fingerprint density at radius 3 is 2.58 bits per heavy atom. The quantitative estimate of drug-likeness (QED) is 0.180. The van der Waals surface area contributed by atoms with Crippen molar-refractivity contribution in [2.75, 3.05) is 11.9 Å². The first-order chi connectivity index (χ1) is 18.1. The minimum Gasteiger partial charge on any atom is -0.382 e. The van der Waals surface area contributed by atoms with Crippen molar-refractivity contribution in [3.8, 4) is 11.3 Å². The number of aryl methyl sites for hydroxylation is 1. The van der Waals surface area contributed by atoms with Crippen molar-refractivity contribution in [2.24, 2.45) is 0 Å². The standard InChI is InChI=1S/C27H27F4N5O2/c1-15-11-16(5-8-20(15)26(38)34-19-6-7-19)23-14-33-25-22(32-10-9-27(29,30)31)13-21(35-36(23)25)24(37)17-3-2-4-18(28)12-17/h2-5,8,11-14,19,24,26,32,34,37-38H,6-7,9-10H2,1H3. The molecular weight excluding hydrogens is 502 g/mol. The van der Waals surface area contributed by atoms with Gasteiger partial charge in [0.05, 0.1) is 29.7 Å². The summed E-state index contributed by atoms with van der Waals surface area (Å²) in [5, 5.41) is 31.9. The molecule has 200 valence electrons. The second kappa shape index (κ2) is 10.3. The Balaban J connectivity index is 1.54. The van der Waals surface area contributed by atoms with Gasteiger partial charge in [-0.15, -0.1) is 0 Å². The van der Waals surface area contributed by atoms with Crippen LogP contribution in [0, 0.1) is 12.7 Å². The van der Waals surface area contributed by atoms with Crippen LogP contribution < -0.4 is 10.6 Å². The zero-order valence-corrected chi connectivity index (χ0v) is 20.5. The molecule has 2 aromatic heterocycles. The lowest BCUT2D eigenvalue weighted by atomic mass is 10.0. The van der Waals surface area contributed by atoms with Crippen LogP contribution in [0.1, 0.15) is 54.0 Å². The lowest BCUT2D eigenvalue weighted by molar-refractivity contribution is -0.131. The van der Waals surface area contributed by atoms with Gasteiger partial charge in [-0.3, -0.25) is 5.32 Å². The molecule has 4 N–H and O–H groups in total. The average molecular weight is 530 g/mol. The van der Waals surface area contributed by atoms with Crippen molar-refractivity contribution in [3.05, 3.63) is 82.9 Å². The molecule has 0 bridgehead atoms. The predicted molar refractivity (Wildman–Crippen MR) is 134 cm³/mol. The van der Waals surface area contributed by atoms with Crippen LogP contribution in [-0.2, 0) is 0 Å². The van der Waals surface area contributed by atoms with E-state index in [1.54, 1.807) is 18.3 Å². The molecule has 2 heterocycles. The highest BCUT2D eigenvalue weighted by Gasteiger charge is 2.27. The van der Waals surface area contributed by atoms with Crippen LogP contribution in [0.2, 0.25) is 0 Å². The summed E-state index contributed by atoms with van der Waals surface area (Å²) >= 11 is 0. The van der Waals surface area contributed by atoms with Gasteiger partial charge in [0, 0.05) is 18.2 Å². The summed E-state index contributed by atoms with van der Waals surface area (Å²) in [5.74, 6) is -0.539. The van der Waals surface area contributed by atoms with Crippen LogP contribution in [0.4, 0.5) is 23.2 Å². The van der Waals surface area contributed by atoms with Crippen molar-refractivity contribution >= 4 is 11.3 Å². The fraction of sp³-hybridized carbons (Fsp3) is 0.333. The molecule has 4 aromatic rings. The molecule has 1 aliphatic carbocycles. The second-order valence-electron chi connectivity index (χ2n) is 9.53. The molecule has 0 saturated heterocycles. The fourth-order valence-corrected chi connectivity index (χ4v) is 4.34. The molecule has 1 aliphatic rings. The minimum atomic E-state index is -4.35. The van der Waals surface area contributed by atoms with Gasteiger partial charge in [0.15, 0.2) is 5.65 Å². The maximum absolute atomic E-state index is 13.8. The number of benzene rings is 2. The summed E-state index contributed by atoms with van der Waals surface area (Å²) in [4.78, 5) is 4.39. The number of hydrogen-bond acceptors (Lipinski definition) is 6. The second-order valence-corrected chi connectivity index (χ2v) is 9.53. The highest BCUT2D eigenvalue weighted by Crippen LogP contribution is 2.31. The van der Waals surface area contributed by atoms with Gasteiger partial charge in [-0.25, -0.2) is 13.9 Å². The number of alkyl halides is 3. The molecule has 38 heavy (non-hydrogen) atoms. The van der Waals surface area contributed by atoms with Crippen LogP contribution >= 0.6 is 0 Å². The van der Waals surface area contributed by atoms with Crippen molar-refractivity contribution < 1.29 is 27.8 Å². The molecule has 2 atom stereocenters. The van der Waals surface area contributed by atoms with Crippen molar-refractivity contribution in [1.82, 2.24) is 19.9 Å². The average Bonchev–Trinajstić information content (AvgIpc) is 3.57. The number of hydrogen-bond donors (Lipinski definition) is 4. The first kappa shape index (κ1) is 26.1. The number of halogens is 4. The van der Waals surface area contributed by atoms with E-state index in [0.29, 0.717) is 17.3 Å². The summed E-state index contributed by atoms with van der Waals surface area (Å²) in [5.41, 5.74) is 3.69. The van der Waals surface area contributed by atoms with Crippen molar-refractivity contribution in [2.45, 2.75) is 50.7 Å². The predicted octanol–water partition coefficient (Wildman–Crippen LogP) is 5.03. The van der Waals surface area contributed by atoms with E-state index >= 15 is 0 Å². The Kier molecular flexibility index (Phi) is 7.08. The van der Waals surface area contributed by atoms with Gasteiger partial charge in [-0.2, -0.15) is 18.3 Å². The molecule has 2 unspecified atom stereocenters. The van der Waals surface area contributed by atoms with E-state index in [2.05, 4.69) is 20.7 Å². The number of aromatic nitrogens is 3. The number of aliphatic hydroxyl groups is 2. The Morgan fingerprint density at radius 1 is 1.11 bits per heavy atom. The van der Waals surface area contributed by atoms with Gasteiger partial charge in [0.2, 0.25) is 0 Å². The molecule has 1 saturated carbocycles. The van der Waals surface area contributed by atoms with E-state index < -0.39 is 37.3 Å². The molecule has 7 nitrogen and oxygen atoms in total. The molecular formula is C27H27F4N5O2. The molecule has 0 radical (unpaired) electrons. The van der Waals surface area contributed by atoms with Gasteiger partial charge < -0.3 is 15.5 Å². The summed E-state index contributed by atoms with van der Waals surface area (Å²) < 4.78 is 53.6. The van der Waals surface area contributed by atoms with Crippen molar-refractivity contribution in [1.29, 1.82) is 0 Å². The van der Waals surface area contributed by atoms with E-state index in [1.807, 2.05) is 13.0 Å². The Labute approximate surface area is 216 Å². The molecule has 0 aliphatic heterocycles. The number of fused-ring (bicyclic) bond motifs is 1. The Morgan fingerprint density at radius 2 is 1.89 bits per heavy atom. The zero-order chi connectivity index (χ0) is 27.0. The summed E-state index contributed by atoms with van der Waals surface area (Å²) in [6.45, 7) is 1.47. The fourth-order valence-electron chi connectivity index (χ4n) is 4.34. The van der Waals surface area contributed by atoms with E-state index in [0.717, 1.165) is 24.0 Å². The van der Waals surface area contributed by atoms with Crippen LogP contribution in [0.3, 0.4) is 0 Å². The highest BCUT2D eigenvalue weighted by atomic mass is 19.4. The summed E-state index contributed by atoms with van der Waals surface area (Å²) in [6.07, 6.45) is -3.93. The Bertz CT molecular complexity index is 1450. The first-order valence-electron chi connectivity index (χ1n) is 12.3. The summed E-state index contributed by atoms with van der Waals surface area (Å²) in [7, 11) is 0. The number of nitrogens with one attached hydrogen (secondary N) is 2. The minimum absolute atomic E-state index is 0.106. The van der Waals surface area contributed by atoms with E-state index in [1.165, 1.54) is 34.8 Å². The monoisotopic (exact) mass is 529 g/mol. The lowest BCUT2D eigenvalue weighted by Gasteiger charge is -2.17. The van der Waals surface area contributed by atoms with Crippen LogP contribution in [-0.4, -0.2) is 43.6 Å². The number of imidazole rings is 1. The highest BCUT2D eigenvalue weighted by molar-refractivity contribution is 5.73. The largest absolute Gasteiger partial charge is 0.390 e. The van der Waals surface area contributed by atoms with Gasteiger partial charge in [-0.05, 0) is 60.7 Å². The summed E-state index contributed by atoms with van der Waals surface area (Å²) in [6, 6.07) is 12.6. The lowest BCUT2D eigenvalue weighted by Crippen LogP contribution is -2.23. The number of anilines is 1. The maximum Gasteiger partial charge on any atom is 0.390 e. The van der Waals surface area contributed by atoms with Crippen LogP contribution in [0.25, 0.3) is 16.9 Å². The SMILES string of the molecule is Cc1cc(-c2cnc3c(NCCC(F)(F)F)cc(C(O)c4cccc(F)c4)nn23)ccc1C(O)NC1CC1. The maximum atomic E-state index is 13.8. The number of rotatable bonds is 9. The molecule has 11 heteroatoms.